The summed E-state index contributed by atoms with van der Waals surface area (Å²) >= 11 is 0. The van der Waals surface area contributed by atoms with Crippen molar-refractivity contribution >= 4 is 34.5 Å². The summed E-state index contributed by atoms with van der Waals surface area (Å²) in [5.41, 5.74) is 7.43. The second kappa shape index (κ2) is 12.8. The van der Waals surface area contributed by atoms with Crippen molar-refractivity contribution in [2.45, 2.75) is 59.3 Å². The molecule has 2 heterocycles. The molecular formula is C35H43N5O2. The molecule has 2 bridgehead atoms. The van der Waals surface area contributed by atoms with Gasteiger partial charge in [-0.05, 0) is 86.1 Å². The number of anilines is 4. The summed E-state index contributed by atoms with van der Waals surface area (Å²) in [7, 11) is 1.63. The number of amides is 1. The molecular weight excluding hydrogens is 522 g/mol. The first-order valence-electron chi connectivity index (χ1n) is 15.1. The number of aryl methyl sites for hydroxylation is 1. The lowest BCUT2D eigenvalue weighted by atomic mass is 9.46. The van der Waals surface area contributed by atoms with E-state index in [0.717, 1.165) is 60.3 Å². The van der Waals surface area contributed by atoms with E-state index < -0.39 is 0 Å². The van der Waals surface area contributed by atoms with Gasteiger partial charge in [-0.25, -0.2) is 9.97 Å². The lowest BCUT2D eigenvalue weighted by Gasteiger charge is -2.60. The van der Waals surface area contributed by atoms with Crippen LogP contribution in [0, 0.1) is 11.3 Å². The van der Waals surface area contributed by atoms with E-state index in [0.29, 0.717) is 23.1 Å². The van der Waals surface area contributed by atoms with Gasteiger partial charge in [0.2, 0.25) is 11.9 Å². The standard InChI is InChI=1S/C29H33N5O2.C6H10/c1-5-20-12-8-9-13-22(20)21(6-2)23-14-15-30-29(32-23)33-25-18-24(31-28(35)7-3)26(19-27(25)36-4)34-16-10-11-17-34;1-6-2-5(3-6)4-6/h6-9,12-15,18-19H,3,5,10-11,16-17H2,1-2,4H3,(H,31,35)(H,30,32,33);5H,2-4H2,1H3/b21-6+;. The van der Waals surface area contributed by atoms with Crippen LogP contribution in [-0.2, 0) is 11.2 Å². The summed E-state index contributed by atoms with van der Waals surface area (Å²) in [4.78, 5) is 23.7. The van der Waals surface area contributed by atoms with E-state index in [4.69, 9.17) is 9.72 Å². The fourth-order valence-corrected chi connectivity index (χ4v) is 6.47. The van der Waals surface area contributed by atoms with Crippen molar-refractivity contribution in [3.05, 3.63) is 84.2 Å². The Morgan fingerprint density at radius 2 is 1.86 bits per heavy atom. The van der Waals surface area contributed by atoms with Crippen molar-refractivity contribution in [1.82, 2.24) is 9.97 Å². The molecule has 1 aromatic heterocycles. The Bertz CT molecular complexity index is 1460. The molecule has 1 saturated heterocycles. The van der Waals surface area contributed by atoms with Crippen molar-refractivity contribution in [2.24, 2.45) is 11.3 Å². The van der Waals surface area contributed by atoms with Crippen LogP contribution in [0.3, 0.4) is 0 Å². The molecule has 4 aliphatic rings. The minimum Gasteiger partial charge on any atom is -0.494 e. The predicted molar refractivity (Wildman–Crippen MR) is 173 cm³/mol. The number of hydrogen-bond acceptors (Lipinski definition) is 6. The van der Waals surface area contributed by atoms with E-state index in [2.05, 4.69) is 65.2 Å². The van der Waals surface area contributed by atoms with Crippen molar-refractivity contribution in [3.8, 4) is 5.75 Å². The average molecular weight is 566 g/mol. The first-order chi connectivity index (χ1) is 20.4. The maximum Gasteiger partial charge on any atom is 0.247 e. The molecule has 2 aromatic carbocycles. The van der Waals surface area contributed by atoms with Crippen molar-refractivity contribution in [2.75, 3.05) is 35.7 Å². The molecule has 0 atom stereocenters. The molecule has 0 radical (unpaired) electrons. The zero-order valence-electron chi connectivity index (χ0n) is 25.4. The van der Waals surface area contributed by atoms with Crippen LogP contribution in [0.5, 0.6) is 5.75 Å². The second-order valence-corrected chi connectivity index (χ2v) is 11.8. The van der Waals surface area contributed by atoms with Gasteiger partial charge in [0.15, 0.2) is 0 Å². The number of carbonyl (C=O) groups is 1. The topological polar surface area (TPSA) is 79.4 Å². The third-order valence-electron chi connectivity index (χ3n) is 8.71. The maximum absolute atomic E-state index is 12.2. The smallest absolute Gasteiger partial charge is 0.247 e. The van der Waals surface area contributed by atoms with E-state index in [1.807, 2.05) is 31.2 Å². The molecule has 3 aliphatic carbocycles. The van der Waals surface area contributed by atoms with E-state index in [1.54, 1.807) is 32.6 Å². The molecule has 2 N–H and O–H groups in total. The van der Waals surface area contributed by atoms with Crippen molar-refractivity contribution in [3.63, 3.8) is 0 Å². The normalized spacial score (nSPS) is 20.4. The molecule has 0 unspecified atom stereocenters. The highest BCUT2D eigenvalue weighted by Gasteiger charge is 2.52. The molecule has 7 heteroatoms. The summed E-state index contributed by atoms with van der Waals surface area (Å²) in [5.74, 6) is 1.99. The average Bonchev–Trinajstić information content (AvgIpc) is 3.52. The van der Waals surface area contributed by atoms with Gasteiger partial charge in [0.05, 0.1) is 29.9 Å². The molecule has 0 spiro atoms. The number of carbonyl (C=O) groups excluding carboxylic acids is 1. The van der Waals surface area contributed by atoms with Crippen LogP contribution in [0.2, 0.25) is 0 Å². The minimum atomic E-state index is -0.267. The largest absolute Gasteiger partial charge is 0.494 e. The number of ether oxygens (including phenoxy) is 1. The van der Waals surface area contributed by atoms with E-state index in [1.165, 1.54) is 17.6 Å². The van der Waals surface area contributed by atoms with Gasteiger partial charge in [0.25, 0.3) is 0 Å². The van der Waals surface area contributed by atoms with Crippen LogP contribution in [-0.4, -0.2) is 36.1 Å². The van der Waals surface area contributed by atoms with Gasteiger partial charge < -0.3 is 20.3 Å². The van der Waals surface area contributed by atoms with Gasteiger partial charge in [0, 0.05) is 30.9 Å². The summed E-state index contributed by atoms with van der Waals surface area (Å²) in [6.45, 7) is 12.0. The SMILES string of the molecule is C=CC(=O)Nc1cc(Nc2nccc(/C(=C/C)c3ccccc3CC)n2)c(OC)cc1N1CCCC1.CC12CC(C1)C2. The van der Waals surface area contributed by atoms with Crippen LogP contribution in [0.15, 0.2) is 67.4 Å². The molecule has 3 aromatic rings. The number of methoxy groups -OCH3 is 1. The summed E-state index contributed by atoms with van der Waals surface area (Å²) in [6.07, 6.45) is 12.9. The fourth-order valence-electron chi connectivity index (χ4n) is 6.47. The van der Waals surface area contributed by atoms with Gasteiger partial charge in [-0.15, -0.1) is 0 Å². The molecule has 3 saturated carbocycles. The highest BCUT2D eigenvalue weighted by Crippen LogP contribution is 2.63. The zero-order valence-corrected chi connectivity index (χ0v) is 25.4. The number of benzene rings is 2. The van der Waals surface area contributed by atoms with Crippen LogP contribution in [0.25, 0.3) is 5.57 Å². The summed E-state index contributed by atoms with van der Waals surface area (Å²) in [6, 6.07) is 14.1. The Kier molecular flexibility index (Phi) is 8.95. The van der Waals surface area contributed by atoms with Crippen LogP contribution >= 0.6 is 0 Å². The number of hydrogen-bond donors (Lipinski definition) is 2. The van der Waals surface area contributed by atoms with Crippen LogP contribution in [0.1, 0.15) is 69.7 Å². The second-order valence-electron chi connectivity index (χ2n) is 11.8. The van der Waals surface area contributed by atoms with Crippen molar-refractivity contribution < 1.29 is 9.53 Å². The number of nitrogens with zero attached hydrogens (tertiary/aromatic N) is 3. The molecule has 4 fully saturated rings. The van der Waals surface area contributed by atoms with Gasteiger partial charge >= 0.3 is 0 Å². The Morgan fingerprint density at radius 3 is 2.45 bits per heavy atom. The molecule has 1 aliphatic heterocycles. The third-order valence-corrected chi connectivity index (χ3v) is 8.71. The van der Waals surface area contributed by atoms with Gasteiger partial charge in [0.1, 0.15) is 5.75 Å². The molecule has 220 valence electrons. The van der Waals surface area contributed by atoms with Gasteiger partial charge in [-0.1, -0.05) is 50.8 Å². The Balaban J connectivity index is 0.000000513. The van der Waals surface area contributed by atoms with E-state index in [9.17, 15) is 4.79 Å². The fraction of sp³-hybridized carbons (Fsp3) is 0.400. The molecule has 1 amide bonds. The Morgan fingerprint density at radius 1 is 1.14 bits per heavy atom. The maximum atomic E-state index is 12.2. The van der Waals surface area contributed by atoms with Crippen LogP contribution in [0.4, 0.5) is 23.0 Å². The van der Waals surface area contributed by atoms with E-state index >= 15 is 0 Å². The number of nitrogens with one attached hydrogen (secondary N) is 2. The zero-order chi connectivity index (χ0) is 29.7. The Hall–Kier alpha value is -4.13. The minimum absolute atomic E-state index is 0.267. The summed E-state index contributed by atoms with van der Waals surface area (Å²) < 4.78 is 5.71. The molecule has 42 heavy (non-hydrogen) atoms. The lowest BCUT2D eigenvalue weighted by Crippen LogP contribution is -2.48. The Labute approximate surface area is 250 Å². The summed E-state index contributed by atoms with van der Waals surface area (Å²) in [5, 5.41) is 6.25. The van der Waals surface area contributed by atoms with Crippen molar-refractivity contribution in [1.29, 1.82) is 0 Å². The number of rotatable bonds is 9. The third kappa shape index (κ3) is 6.35. The monoisotopic (exact) mass is 565 g/mol. The first-order valence-corrected chi connectivity index (χ1v) is 15.1. The first kappa shape index (κ1) is 29.4. The lowest BCUT2D eigenvalue weighted by molar-refractivity contribution is -0.111. The quantitative estimate of drug-likeness (QED) is 0.258. The van der Waals surface area contributed by atoms with E-state index in [-0.39, 0.29) is 5.91 Å². The van der Waals surface area contributed by atoms with Gasteiger partial charge in [-0.3, -0.25) is 4.79 Å². The highest BCUT2D eigenvalue weighted by molar-refractivity contribution is 6.02. The predicted octanol–water partition coefficient (Wildman–Crippen LogP) is 7.77. The number of allylic oxidation sites excluding steroid dienone is 1. The van der Waals surface area contributed by atoms with Crippen LogP contribution < -0.4 is 20.3 Å². The number of aromatic nitrogens is 2. The van der Waals surface area contributed by atoms with Gasteiger partial charge in [-0.2, -0.15) is 0 Å². The molecule has 7 nitrogen and oxygen atoms in total. The highest BCUT2D eigenvalue weighted by atomic mass is 16.5. The molecule has 7 rings (SSSR count).